The van der Waals surface area contributed by atoms with E-state index in [0.717, 1.165) is 102 Å². The van der Waals surface area contributed by atoms with Crippen molar-refractivity contribution in [1.29, 1.82) is 0 Å². The second-order valence-electron chi connectivity index (χ2n) is 37.5. The van der Waals surface area contributed by atoms with Crippen molar-refractivity contribution in [3.05, 3.63) is 371 Å². The van der Waals surface area contributed by atoms with Gasteiger partial charge in [0.1, 0.15) is 0 Å². The van der Waals surface area contributed by atoms with Crippen LogP contribution in [0.3, 0.4) is 0 Å². The molecule has 0 aliphatic heterocycles. The maximum atomic E-state index is 6.85. The van der Waals surface area contributed by atoms with E-state index in [1.807, 2.05) is 112 Å². The van der Waals surface area contributed by atoms with Crippen LogP contribution >= 0.6 is 0 Å². The number of unbranched alkanes of at least 4 members (excludes halogenated alkanes) is 12. The first kappa shape index (κ1) is 97.0. The van der Waals surface area contributed by atoms with Crippen LogP contribution in [0, 0.1) is 51.8 Å². The molecule has 0 atom stereocenters. The fourth-order valence-electron chi connectivity index (χ4n) is 19.0. The number of hydrogen-bond acceptors (Lipinski definition) is 4. The number of nitrogens with zero attached hydrogens (tertiary/aromatic N) is 5. The zero-order valence-electron chi connectivity index (χ0n) is 78.1. The summed E-state index contributed by atoms with van der Waals surface area (Å²) in [5.41, 5.74) is 34.5. The normalized spacial score (nSPS) is 12.4. The van der Waals surface area contributed by atoms with Gasteiger partial charge in [0, 0.05) is 34.0 Å². The van der Waals surface area contributed by atoms with E-state index in [-0.39, 0.29) is 63.8 Å². The van der Waals surface area contributed by atoms with Gasteiger partial charge in [0.05, 0.1) is 29.3 Å². The second kappa shape index (κ2) is 45.0. The van der Waals surface area contributed by atoms with Gasteiger partial charge >= 0.3 is 42.1 Å². The van der Waals surface area contributed by atoms with Crippen LogP contribution in [0.5, 0.6) is 0 Å². The molecule has 658 valence electrons. The zero-order valence-corrected chi connectivity index (χ0v) is 82.7. The topological polar surface area (TPSA) is 55.9 Å². The molecule has 0 N–H and O–H groups in total. The molecule has 2 aliphatic carbocycles. The van der Waals surface area contributed by atoms with E-state index < -0.39 is 0 Å². The summed E-state index contributed by atoms with van der Waals surface area (Å²) >= 11 is 0. The maximum Gasteiger partial charge on any atom is 2.00 e. The average molecular weight is 2050 g/mol. The van der Waals surface area contributed by atoms with Crippen molar-refractivity contribution in [1.82, 2.24) is 19.9 Å². The molecule has 0 amide bonds. The standard InChI is InChI=1S/C70H77N2.C34H33N2.C9H9N.C9H7.2Pt/c1-5-9-13-24-40-69(41-25-14-10-6-2)62-33-23-22-32-58(62)59-37-34-53(44-63(59)69)54-35-38-60-61-39-36-55(46-65(61)70(64(60)45-54,42-26-15-11-7-3)43-27-16-12-8-4)57-48-66(51-28-18-17-19-29-51)72-68(49-57)67-47-52-30-20-21-31-56(52)50-71-67;1-33(2,3)28-16-26(17-29(21-28)34(4,5)6)27-19-30(23-12-8-7-9-13-23)36-32(20-27)31-18-24-14-10-11-15-25(24)22-35-31;1-7-5-4-6-8(2)9(7)10-3;1-3-9-6-4-8(2)5-7-9;;/h17-23,28,30-39,44-50H,5-16,24-27,40-43H2,1-4H3;7-12,14-22H,1-6H3;4-6H,1-2H3;4-7H,2H3;;/q2*-1;;-1;2*+2. The number of rotatable bonds is 27. The van der Waals surface area contributed by atoms with Crippen molar-refractivity contribution in [3.63, 3.8) is 0 Å². The summed E-state index contributed by atoms with van der Waals surface area (Å²) in [6.45, 7) is 35.8. The van der Waals surface area contributed by atoms with E-state index in [9.17, 15) is 0 Å². The van der Waals surface area contributed by atoms with Gasteiger partial charge in [-0.2, -0.15) is 0 Å². The minimum Gasteiger partial charge on any atom is -0.366 e. The minimum atomic E-state index is -0.0841. The molecule has 4 heterocycles. The fourth-order valence-corrected chi connectivity index (χ4v) is 19.0. The third-order valence-corrected chi connectivity index (χ3v) is 26.3. The Morgan fingerprint density at radius 3 is 1.09 bits per heavy atom. The van der Waals surface area contributed by atoms with E-state index in [2.05, 4.69) is 286 Å². The van der Waals surface area contributed by atoms with Crippen LogP contribution in [0.1, 0.15) is 253 Å². The minimum absolute atomic E-state index is 0. The predicted octanol–water partition coefficient (Wildman–Crippen LogP) is 34.3. The van der Waals surface area contributed by atoms with Gasteiger partial charge in [0.2, 0.25) is 0 Å². The van der Waals surface area contributed by atoms with E-state index in [1.165, 1.54) is 193 Å². The Morgan fingerprint density at radius 1 is 0.333 bits per heavy atom. The van der Waals surface area contributed by atoms with Crippen LogP contribution in [0.25, 0.3) is 127 Å². The van der Waals surface area contributed by atoms with Crippen LogP contribution in [-0.4, -0.2) is 19.9 Å². The van der Waals surface area contributed by atoms with Crippen molar-refractivity contribution in [2.45, 2.75) is 240 Å². The monoisotopic (exact) mass is 2050 g/mol. The van der Waals surface area contributed by atoms with E-state index >= 15 is 0 Å². The van der Waals surface area contributed by atoms with Gasteiger partial charge in [0.25, 0.3) is 0 Å². The van der Waals surface area contributed by atoms with Crippen LogP contribution in [-0.2, 0) is 63.8 Å². The Labute approximate surface area is 800 Å². The van der Waals surface area contributed by atoms with Gasteiger partial charge in [-0.3, -0.25) is 25.9 Å². The van der Waals surface area contributed by atoms with Crippen molar-refractivity contribution in [2.24, 2.45) is 0 Å². The third kappa shape index (κ3) is 23.1. The van der Waals surface area contributed by atoms with Crippen LogP contribution < -0.4 is 0 Å². The summed E-state index contributed by atoms with van der Waals surface area (Å²) in [4.78, 5) is 23.5. The molecule has 129 heavy (non-hydrogen) atoms. The first-order chi connectivity index (χ1) is 61.6. The molecular formula is C122H126N5Pt2+. The Hall–Kier alpha value is -11.0. The molecule has 0 fully saturated rings. The largest absolute Gasteiger partial charge is 2.00 e. The molecule has 0 saturated heterocycles. The maximum absolute atomic E-state index is 6.85. The number of pyridine rings is 4. The van der Waals surface area contributed by atoms with Crippen LogP contribution in [0.4, 0.5) is 5.69 Å². The van der Waals surface area contributed by atoms with Gasteiger partial charge in [-0.25, -0.2) is 4.85 Å². The molecule has 4 aromatic heterocycles. The number of fused-ring (bicyclic) bond motifs is 8. The van der Waals surface area contributed by atoms with Crippen molar-refractivity contribution >= 4 is 27.2 Å². The SMILES string of the molecule is CC(C)(C)c1cc(-c2cc(-c3[c-]cccc3)nc(-c3cc4ccccc4cn3)c2)cc(C(C)(C)C)c1.CCCCCCC1(CCCCCC)c2ccccc2-c2ccc(-c3ccc4c(c3)C(CCCCCC)(CCCCCC)c3cc(-c5cc(-c6[c-]cccc6)nc(-c6cc7ccccc7cn6)c5)ccc3-4)cc21.[C-]#Cc1ccc(C)cc1.[C-]#[N+]c1c(C)cccc1C.[Pt+2].[Pt+2]. The molecule has 0 spiro atoms. The van der Waals surface area contributed by atoms with Crippen LogP contribution in [0.2, 0.25) is 0 Å². The smallest absolute Gasteiger partial charge is 0.366 e. The Bertz CT molecular complexity index is 6290. The van der Waals surface area contributed by atoms with Gasteiger partial charge < -0.3 is 6.42 Å². The summed E-state index contributed by atoms with van der Waals surface area (Å²) in [7, 11) is 0. The molecule has 5 nitrogen and oxygen atoms in total. The zero-order chi connectivity index (χ0) is 89.1. The van der Waals surface area contributed by atoms with Crippen molar-refractivity contribution in [3.8, 4) is 107 Å². The molecular weight excluding hydrogens is 1930 g/mol. The molecule has 7 heteroatoms. The number of para-hydroxylation sites is 1. The van der Waals surface area contributed by atoms with Gasteiger partial charge in [-0.05, 0) is 222 Å². The molecule has 0 saturated carbocycles. The van der Waals surface area contributed by atoms with E-state index in [4.69, 9.17) is 32.9 Å². The Balaban J connectivity index is 0.000000216. The molecule has 11 aromatic carbocycles. The van der Waals surface area contributed by atoms with Gasteiger partial charge in [-0.15, -0.1) is 89.5 Å². The fraction of sp³-hybridized carbons (Fsp3) is 0.303. The Morgan fingerprint density at radius 2 is 0.698 bits per heavy atom. The van der Waals surface area contributed by atoms with Gasteiger partial charge in [0.15, 0.2) is 5.69 Å². The van der Waals surface area contributed by atoms with E-state index in [0.29, 0.717) is 0 Å². The molecule has 0 radical (unpaired) electrons. The summed E-state index contributed by atoms with van der Waals surface area (Å²) in [6.07, 6.45) is 35.9. The predicted molar refractivity (Wildman–Crippen MR) is 539 cm³/mol. The number of aromatic nitrogens is 4. The summed E-state index contributed by atoms with van der Waals surface area (Å²) < 4.78 is 0. The Kier molecular flexibility index (Phi) is 33.8. The molecule has 2 aliphatic rings. The average Bonchev–Trinajstić information content (AvgIpc) is 1.55. The first-order valence-electron chi connectivity index (χ1n) is 47.0. The molecule has 17 rings (SSSR count). The van der Waals surface area contributed by atoms with Gasteiger partial charge in [-0.1, -0.05) is 347 Å². The van der Waals surface area contributed by atoms with Crippen molar-refractivity contribution < 1.29 is 42.1 Å². The van der Waals surface area contributed by atoms with Crippen LogP contribution in [0.15, 0.2) is 285 Å². The quantitative estimate of drug-likeness (QED) is 0.0292. The molecule has 0 unspecified atom stereocenters. The molecule has 15 aromatic rings. The summed E-state index contributed by atoms with van der Waals surface area (Å²) in [6, 6.07) is 106. The number of benzene rings is 11. The number of hydrogen-bond donors (Lipinski definition) is 0. The second-order valence-corrected chi connectivity index (χ2v) is 37.5. The third-order valence-electron chi connectivity index (χ3n) is 26.3. The summed E-state index contributed by atoms with van der Waals surface area (Å²) in [5, 5.41) is 4.59. The molecule has 0 bridgehead atoms. The first-order valence-corrected chi connectivity index (χ1v) is 47.0. The van der Waals surface area contributed by atoms with E-state index in [1.54, 1.807) is 16.7 Å². The number of aryl methyl sites for hydroxylation is 3. The van der Waals surface area contributed by atoms with Crippen molar-refractivity contribution in [2.75, 3.05) is 0 Å². The summed E-state index contributed by atoms with van der Waals surface area (Å²) in [5.74, 6) is 2.30.